The number of unbranched alkanes of at least 4 members (excludes halogenated alkanes) is 1. The molecule has 0 spiro atoms. The van der Waals surface area contributed by atoms with Gasteiger partial charge < -0.3 is 9.47 Å². The smallest absolute Gasteiger partial charge is 0.216 e. The highest BCUT2D eigenvalue weighted by molar-refractivity contribution is 7.71. The second-order valence-corrected chi connectivity index (χ2v) is 6.26. The minimum atomic E-state index is 0.259. The van der Waals surface area contributed by atoms with Gasteiger partial charge in [0, 0.05) is 0 Å². The Bertz CT molecular complexity index is 934. The van der Waals surface area contributed by atoms with E-state index < -0.39 is 0 Å². The largest absolute Gasteiger partial charge is 0.494 e. The van der Waals surface area contributed by atoms with Crippen molar-refractivity contribution in [1.82, 2.24) is 14.9 Å². The zero-order chi connectivity index (χ0) is 18.9. The highest BCUT2D eigenvalue weighted by Crippen LogP contribution is 2.13. The van der Waals surface area contributed by atoms with Gasteiger partial charge in [0.2, 0.25) is 4.77 Å². The Morgan fingerprint density at radius 1 is 1.11 bits per heavy atom. The lowest BCUT2D eigenvalue weighted by Gasteiger charge is -2.06. The van der Waals surface area contributed by atoms with E-state index in [1.807, 2.05) is 54.6 Å². The van der Waals surface area contributed by atoms with Crippen LogP contribution in [0.4, 0.5) is 0 Å². The maximum atomic E-state index is 5.73. The molecule has 0 aliphatic carbocycles. The van der Waals surface area contributed by atoms with Crippen molar-refractivity contribution in [2.24, 2.45) is 5.10 Å². The molecule has 0 atom stereocenters. The minimum absolute atomic E-state index is 0.259. The molecule has 0 unspecified atom stereocenters. The molecule has 0 amide bonds. The van der Waals surface area contributed by atoms with E-state index in [0.29, 0.717) is 17.2 Å². The molecule has 1 N–H and O–H groups in total. The van der Waals surface area contributed by atoms with Crippen molar-refractivity contribution in [3.05, 3.63) is 70.8 Å². The summed E-state index contributed by atoms with van der Waals surface area (Å²) in [7, 11) is 0. The van der Waals surface area contributed by atoms with E-state index in [4.69, 9.17) is 21.7 Å². The second kappa shape index (κ2) is 9.68. The Labute approximate surface area is 163 Å². The fraction of sp³-hybridized carbons (Fsp3) is 0.250. The van der Waals surface area contributed by atoms with Gasteiger partial charge in [0.25, 0.3) is 0 Å². The van der Waals surface area contributed by atoms with E-state index in [0.717, 1.165) is 29.9 Å². The summed E-state index contributed by atoms with van der Waals surface area (Å²) in [5, 5.41) is 11.4. The number of nitrogens with one attached hydrogen (secondary N) is 1. The fourth-order valence-corrected chi connectivity index (χ4v) is 2.54. The van der Waals surface area contributed by atoms with Crippen molar-refractivity contribution in [1.29, 1.82) is 0 Å². The Hall–Kier alpha value is -2.93. The molecule has 0 aliphatic rings. The number of hydrogen-bond acceptors (Lipinski definition) is 5. The Morgan fingerprint density at radius 3 is 2.74 bits per heavy atom. The van der Waals surface area contributed by atoms with Gasteiger partial charge in [-0.25, -0.2) is 5.10 Å². The van der Waals surface area contributed by atoms with Crippen LogP contribution in [0, 0.1) is 4.77 Å². The molecule has 140 valence electrons. The van der Waals surface area contributed by atoms with Crippen molar-refractivity contribution in [3.63, 3.8) is 0 Å². The summed E-state index contributed by atoms with van der Waals surface area (Å²) in [5.41, 5.74) is 0.919. The van der Waals surface area contributed by atoms with E-state index in [-0.39, 0.29) is 6.61 Å². The zero-order valence-electron chi connectivity index (χ0n) is 15.2. The molecule has 2 aromatic carbocycles. The van der Waals surface area contributed by atoms with Gasteiger partial charge in [-0.15, -0.1) is 0 Å². The molecule has 1 heterocycles. The van der Waals surface area contributed by atoms with Crippen LogP contribution < -0.4 is 9.47 Å². The SMILES string of the molecule is CCCCOc1cccc(/C=N\n2c(COc3ccccc3)n[nH]c2=S)c1. The zero-order valence-corrected chi connectivity index (χ0v) is 16.0. The summed E-state index contributed by atoms with van der Waals surface area (Å²) in [6.07, 6.45) is 3.87. The van der Waals surface area contributed by atoms with Crippen molar-refractivity contribution in [2.45, 2.75) is 26.4 Å². The number of ether oxygens (including phenoxy) is 2. The summed E-state index contributed by atoms with van der Waals surface area (Å²) in [5.74, 6) is 2.19. The van der Waals surface area contributed by atoms with Crippen LogP contribution in [-0.4, -0.2) is 27.7 Å². The molecule has 1 aromatic heterocycles. The molecule has 3 aromatic rings. The quantitative estimate of drug-likeness (QED) is 0.334. The van der Waals surface area contributed by atoms with Crippen molar-refractivity contribution >= 4 is 18.4 Å². The first-order valence-electron chi connectivity index (χ1n) is 8.87. The van der Waals surface area contributed by atoms with Crippen LogP contribution in [0.1, 0.15) is 31.2 Å². The van der Waals surface area contributed by atoms with Crippen molar-refractivity contribution in [3.8, 4) is 11.5 Å². The van der Waals surface area contributed by atoms with Crippen LogP contribution in [0.15, 0.2) is 59.7 Å². The molecule has 0 radical (unpaired) electrons. The molecule has 6 nitrogen and oxygen atoms in total. The fourth-order valence-electron chi connectivity index (χ4n) is 2.34. The Morgan fingerprint density at radius 2 is 1.93 bits per heavy atom. The third kappa shape index (κ3) is 5.52. The lowest BCUT2D eigenvalue weighted by molar-refractivity contribution is 0.290. The molecule has 7 heteroatoms. The Kier molecular flexibility index (Phi) is 6.76. The first-order chi connectivity index (χ1) is 13.3. The van der Waals surface area contributed by atoms with E-state index in [9.17, 15) is 0 Å². The number of rotatable bonds is 9. The van der Waals surface area contributed by atoms with Crippen LogP contribution in [0.3, 0.4) is 0 Å². The van der Waals surface area contributed by atoms with Gasteiger partial charge in [-0.2, -0.15) is 14.9 Å². The van der Waals surface area contributed by atoms with Gasteiger partial charge in [0.15, 0.2) is 5.82 Å². The average molecular weight is 382 g/mol. The molecule has 27 heavy (non-hydrogen) atoms. The predicted molar refractivity (Wildman–Crippen MR) is 108 cm³/mol. The van der Waals surface area contributed by atoms with Crippen molar-refractivity contribution < 1.29 is 9.47 Å². The van der Waals surface area contributed by atoms with E-state index >= 15 is 0 Å². The van der Waals surface area contributed by atoms with Gasteiger partial charge in [-0.1, -0.05) is 43.7 Å². The molecule has 3 rings (SSSR count). The lowest BCUT2D eigenvalue weighted by Crippen LogP contribution is -2.04. The van der Waals surface area contributed by atoms with Gasteiger partial charge in [-0.3, -0.25) is 0 Å². The van der Waals surface area contributed by atoms with Gasteiger partial charge >= 0.3 is 0 Å². The summed E-state index contributed by atoms with van der Waals surface area (Å²) >= 11 is 5.27. The highest BCUT2D eigenvalue weighted by Gasteiger charge is 2.06. The number of hydrogen-bond donors (Lipinski definition) is 1. The summed E-state index contributed by atoms with van der Waals surface area (Å²) in [6.45, 7) is 3.11. The van der Waals surface area contributed by atoms with E-state index in [1.54, 1.807) is 10.9 Å². The van der Waals surface area contributed by atoms with Gasteiger partial charge in [0.1, 0.15) is 18.1 Å². The third-order valence-electron chi connectivity index (χ3n) is 3.78. The number of H-pyrrole nitrogens is 1. The molecule has 0 saturated carbocycles. The topological polar surface area (TPSA) is 64.4 Å². The van der Waals surface area contributed by atoms with Crippen LogP contribution in [0.5, 0.6) is 11.5 Å². The maximum Gasteiger partial charge on any atom is 0.216 e. The molecular formula is C20H22N4O2S. The number of nitrogens with zero attached hydrogens (tertiary/aromatic N) is 3. The summed E-state index contributed by atoms with van der Waals surface area (Å²) in [4.78, 5) is 0. The molecule has 0 saturated heterocycles. The van der Waals surface area contributed by atoms with Crippen LogP contribution in [0.2, 0.25) is 0 Å². The third-order valence-corrected chi connectivity index (χ3v) is 4.04. The number of para-hydroxylation sites is 1. The maximum absolute atomic E-state index is 5.73. The molecule has 0 fully saturated rings. The average Bonchev–Trinajstić information content (AvgIpc) is 3.06. The minimum Gasteiger partial charge on any atom is -0.494 e. The first kappa shape index (κ1) is 18.8. The first-order valence-corrected chi connectivity index (χ1v) is 9.28. The summed E-state index contributed by atoms with van der Waals surface area (Å²) in [6, 6.07) is 17.3. The predicted octanol–water partition coefficient (Wildman–Crippen LogP) is 4.58. The standard InChI is InChI=1S/C20H22N4O2S/c1-2-3-12-25-18-11-7-8-16(13-18)14-21-24-19(22-23-20(24)27)15-26-17-9-5-4-6-10-17/h4-11,13-14H,2-3,12,15H2,1H3,(H,23,27)/b21-14-. The number of aromatic amines is 1. The number of benzene rings is 2. The highest BCUT2D eigenvalue weighted by atomic mass is 32.1. The van der Waals surface area contributed by atoms with Crippen molar-refractivity contribution in [2.75, 3.05) is 6.61 Å². The van der Waals surface area contributed by atoms with Gasteiger partial charge in [-0.05, 0) is 48.5 Å². The monoisotopic (exact) mass is 382 g/mol. The molecule has 0 aliphatic heterocycles. The van der Waals surface area contributed by atoms with E-state index in [2.05, 4.69) is 22.2 Å². The van der Waals surface area contributed by atoms with Crippen LogP contribution in [0.25, 0.3) is 0 Å². The summed E-state index contributed by atoms with van der Waals surface area (Å²) < 4.78 is 13.4. The van der Waals surface area contributed by atoms with Gasteiger partial charge in [0.05, 0.1) is 12.8 Å². The molecule has 0 bridgehead atoms. The molecular weight excluding hydrogens is 360 g/mol. The second-order valence-electron chi connectivity index (χ2n) is 5.88. The number of aromatic nitrogens is 3. The van der Waals surface area contributed by atoms with Crippen LogP contribution >= 0.6 is 12.2 Å². The van der Waals surface area contributed by atoms with E-state index in [1.165, 1.54) is 0 Å². The lowest BCUT2D eigenvalue weighted by atomic mass is 10.2. The van der Waals surface area contributed by atoms with Crippen LogP contribution in [-0.2, 0) is 6.61 Å². The normalized spacial score (nSPS) is 11.0. The Balaban J connectivity index is 1.69.